The number of amides is 1. The molecule has 0 aliphatic carbocycles. The van der Waals surface area contributed by atoms with Crippen molar-refractivity contribution in [3.63, 3.8) is 0 Å². The number of nitrogens with zero attached hydrogens (tertiary/aromatic N) is 2. The largest absolute Gasteiger partial charge is 0.465 e. The monoisotopic (exact) mass is 240 g/mol. The molecule has 1 aliphatic heterocycles. The Morgan fingerprint density at radius 3 is 2.50 bits per heavy atom. The summed E-state index contributed by atoms with van der Waals surface area (Å²) in [4.78, 5) is 14.3. The van der Waals surface area contributed by atoms with Crippen LogP contribution in [0.2, 0.25) is 5.02 Å². The molecule has 4 nitrogen and oxygen atoms in total. The number of halogens is 1. The minimum absolute atomic E-state index is 0.543. The number of hydrogen-bond donors (Lipinski definition) is 1. The second kappa shape index (κ2) is 4.61. The summed E-state index contributed by atoms with van der Waals surface area (Å²) >= 11 is 5.91. The van der Waals surface area contributed by atoms with Gasteiger partial charge in [-0.2, -0.15) is 0 Å². The van der Waals surface area contributed by atoms with E-state index >= 15 is 0 Å². The smallest absolute Gasteiger partial charge is 0.407 e. The molecule has 1 amide bonds. The SMILES string of the molecule is O=C(O)N1CCN(c2cccc(Cl)c2)CC1. The molecule has 0 radical (unpaired) electrons. The molecule has 1 saturated heterocycles. The Kier molecular flexibility index (Phi) is 3.19. The third-order valence-corrected chi connectivity index (χ3v) is 2.96. The van der Waals surface area contributed by atoms with Crippen LogP contribution in [0, 0.1) is 0 Å². The van der Waals surface area contributed by atoms with E-state index in [0.717, 1.165) is 5.69 Å². The lowest BCUT2D eigenvalue weighted by molar-refractivity contribution is 0.142. The van der Waals surface area contributed by atoms with Gasteiger partial charge in [-0.25, -0.2) is 4.79 Å². The van der Waals surface area contributed by atoms with Gasteiger partial charge in [0.15, 0.2) is 0 Å². The fraction of sp³-hybridized carbons (Fsp3) is 0.364. The number of piperazine rings is 1. The molecule has 1 aliphatic rings. The molecule has 0 bridgehead atoms. The summed E-state index contributed by atoms with van der Waals surface area (Å²) in [6.45, 7) is 2.52. The third-order valence-electron chi connectivity index (χ3n) is 2.72. The lowest BCUT2D eigenvalue weighted by Gasteiger charge is -2.34. The number of carboxylic acid groups (broad SMARTS) is 1. The van der Waals surface area contributed by atoms with Crippen molar-refractivity contribution in [3.05, 3.63) is 29.3 Å². The Balaban J connectivity index is 2.01. The van der Waals surface area contributed by atoms with E-state index in [9.17, 15) is 4.79 Å². The molecule has 1 fully saturated rings. The Hall–Kier alpha value is -1.42. The average Bonchev–Trinajstić information content (AvgIpc) is 2.29. The predicted molar refractivity (Wildman–Crippen MR) is 63.3 cm³/mol. The third kappa shape index (κ3) is 2.39. The Bertz CT molecular complexity index is 389. The molecule has 1 heterocycles. The first-order valence-corrected chi connectivity index (χ1v) is 5.53. The van der Waals surface area contributed by atoms with Crippen LogP contribution in [-0.2, 0) is 0 Å². The van der Waals surface area contributed by atoms with Gasteiger partial charge in [0.25, 0.3) is 0 Å². The highest BCUT2D eigenvalue weighted by molar-refractivity contribution is 6.30. The summed E-state index contributed by atoms with van der Waals surface area (Å²) in [6.07, 6.45) is -0.842. The molecule has 0 unspecified atom stereocenters. The highest BCUT2D eigenvalue weighted by atomic mass is 35.5. The summed E-state index contributed by atoms with van der Waals surface area (Å²) in [6, 6.07) is 7.63. The van der Waals surface area contributed by atoms with Crippen LogP contribution >= 0.6 is 11.6 Å². The molecule has 2 rings (SSSR count). The van der Waals surface area contributed by atoms with Gasteiger partial charge in [-0.05, 0) is 18.2 Å². The van der Waals surface area contributed by atoms with Crippen molar-refractivity contribution in [1.29, 1.82) is 0 Å². The van der Waals surface area contributed by atoms with Crippen molar-refractivity contribution >= 4 is 23.4 Å². The fourth-order valence-electron chi connectivity index (χ4n) is 1.83. The van der Waals surface area contributed by atoms with Crippen LogP contribution in [0.3, 0.4) is 0 Å². The van der Waals surface area contributed by atoms with Gasteiger partial charge in [-0.3, -0.25) is 0 Å². The van der Waals surface area contributed by atoms with E-state index in [1.165, 1.54) is 4.90 Å². The Labute approximate surface area is 99.0 Å². The van der Waals surface area contributed by atoms with Crippen molar-refractivity contribution in [2.24, 2.45) is 0 Å². The fourth-order valence-corrected chi connectivity index (χ4v) is 2.01. The molecule has 1 N–H and O–H groups in total. The molecule has 1 aromatic rings. The maximum atomic E-state index is 10.7. The van der Waals surface area contributed by atoms with Crippen LogP contribution in [0.25, 0.3) is 0 Å². The Morgan fingerprint density at radius 1 is 1.25 bits per heavy atom. The van der Waals surface area contributed by atoms with Crippen LogP contribution in [0.1, 0.15) is 0 Å². The van der Waals surface area contributed by atoms with Gasteiger partial charge in [-0.1, -0.05) is 17.7 Å². The number of carbonyl (C=O) groups is 1. The summed E-state index contributed by atoms with van der Waals surface area (Å²) in [5.74, 6) is 0. The van der Waals surface area contributed by atoms with Crippen LogP contribution in [0.5, 0.6) is 0 Å². The van der Waals surface area contributed by atoms with Gasteiger partial charge in [-0.15, -0.1) is 0 Å². The maximum absolute atomic E-state index is 10.7. The first-order chi connectivity index (χ1) is 7.66. The summed E-state index contributed by atoms with van der Waals surface area (Å²) in [7, 11) is 0. The highest BCUT2D eigenvalue weighted by Crippen LogP contribution is 2.20. The average molecular weight is 241 g/mol. The molecule has 5 heteroatoms. The van der Waals surface area contributed by atoms with Crippen LogP contribution in [-0.4, -0.2) is 42.3 Å². The molecule has 0 spiro atoms. The summed E-state index contributed by atoms with van der Waals surface area (Å²) < 4.78 is 0. The van der Waals surface area contributed by atoms with Gasteiger partial charge in [0.1, 0.15) is 0 Å². The van der Waals surface area contributed by atoms with Crippen molar-refractivity contribution in [2.45, 2.75) is 0 Å². The Morgan fingerprint density at radius 2 is 1.94 bits per heavy atom. The number of hydrogen-bond acceptors (Lipinski definition) is 2. The van der Waals surface area contributed by atoms with E-state index in [-0.39, 0.29) is 0 Å². The molecule has 16 heavy (non-hydrogen) atoms. The van der Waals surface area contributed by atoms with Crippen molar-refractivity contribution in [1.82, 2.24) is 4.90 Å². The highest BCUT2D eigenvalue weighted by Gasteiger charge is 2.20. The van der Waals surface area contributed by atoms with Gasteiger partial charge < -0.3 is 14.9 Å². The second-order valence-corrected chi connectivity index (χ2v) is 4.17. The summed E-state index contributed by atoms with van der Waals surface area (Å²) in [5, 5.41) is 9.53. The number of anilines is 1. The number of rotatable bonds is 1. The van der Waals surface area contributed by atoms with E-state index in [2.05, 4.69) is 4.90 Å². The first-order valence-electron chi connectivity index (χ1n) is 5.15. The molecule has 1 aromatic carbocycles. The number of benzene rings is 1. The van der Waals surface area contributed by atoms with E-state index in [4.69, 9.17) is 16.7 Å². The van der Waals surface area contributed by atoms with Crippen LogP contribution < -0.4 is 4.90 Å². The van der Waals surface area contributed by atoms with Crippen molar-refractivity contribution in [2.75, 3.05) is 31.1 Å². The lowest BCUT2D eigenvalue weighted by atomic mass is 10.2. The molecule has 0 saturated carbocycles. The van der Waals surface area contributed by atoms with Gasteiger partial charge in [0.05, 0.1) is 0 Å². The minimum atomic E-state index is -0.842. The van der Waals surface area contributed by atoms with Gasteiger partial charge >= 0.3 is 6.09 Å². The van der Waals surface area contributed by atoms with Crippen LogP contribution in [0.4, 0.5) is 10.5 Å². The zero-order valence-electron chi connectivity index (χ0n) is 8.77. The zero-order chi connectivity index (χ0) is 11.5. The molecular weight excluding hydrogens is 228 g/mol. The van der Waals surface area contributed by atoms with Crippen molar-refractivity contribution < 1.29 is 9.90 Å². The topological polar surface area (TPSA) is 43.8 Å². The predicted octanol–water partition coefficient (Wildman–Crippen LogP) is 2.14. The van der Waals surface area contributed by atoms with E-state index in [1.807, 2.05) is 24.3 Å². The second-order valence-electron chi connectivity index (χ2n) is 3.74. The maximum Gasteiger partial charge on any atom is 0.407 e. The van der Waals surface area contributed by atoms with Crippen LogP contribution in [0.15, 0.2) is 24.3 Å². The lowest BCUT2D eigenvalue weighted by Crippen LogP contribution is -2.48. The van der Waals surface area contributed by atoms with E-state index in [1.54, 1.807) is 0 Å². The summed E-state index contributed by atoms with van der Waals surface area (Å²) in [5.41, 5.74) is 1.05. The normalized spacial score (nSPS) is 16.3. The molecule has 86 valence electrons. The zero-order valence-corrected chi connectivity index (χ0v) is 9.52. The van der Waals surface area contributed by atoms with Gasteiger partial charge in [0, 0.05) is 36.9 Å². The molecule has 0 atom stereocenters. The van der Waals surface area contributed by atoms with Gasteiger partial charge in [0.2, 0.25) is 0 Å². The quantitative estimate of drug-likeness (QED) is 0.818. The van der Waals surface area contributed by atoms with E-state index < -0.39 is 6.09 Å². The van der Waals surface area contributed by atoms with Crippen molar-refractivity contribution in [3.8, 4) is 0 Å². The molecular formula is C11H13ClN2O2. The molecule has 0 aromatic heterocycles. The van der Waals surface area contributed by atoms with E-state index in [0.29, 0.717) is 31.2 Å². The first kappa shape index (κ1) is 11.1. The minimum Gasteiger partial charge on any atom is -0.465 e. The standard InChI is InChI=1S/C11H13ClN2O2/c12-9-2-1-3-10(8-9)13-4-6-14(7-5-13)11(15)16/h1-3,8H,4-7H2,(H,15,16).